The number of hydrogen-bond acceptors (Lipinski definition) is 4. The van der Waals surface area contributed by atoms with Crippen molar-refractivity contribution in [3.05, 3.63) is 29.8 Å². The quantitative estimate of drug-likeness (QED) is 0.855. The third-order valence-corrected chi connectivity index (χ3v) is 5.30. The lowest BCUT2D eigenvalue weighted by atomic mass is 9.69. The largest absolute Gasteiger partial charge is 0.481 e. The van der Waals surface area contributed by atoms with Crippen molar-refractivity contribution in [2.24, 2.45) is 0 Å². The highest BCUT2D eigenvalue weighted by Crippen LogP contribution is 2.40. The molecule has 1 heterocycles. The van der Waals surface area contributed by atoms with Gasteiger partial charge in [0.2, 0.25) is 11.8 Å². The van der Waals surface area contributed by atoms with Gasteiger partial charge in [0.05, 0.1) is 18.5 Å². The van der Waals surface area contributed by atoms with Crippen molar-refractivity contribution in [1.29, 1.82) is 0 Å². The van der Waals surface area contributed by atoms with Crippen LogP contribution in [-0.2, 0) is 19.8 Å². The molecule has 3 rings (SSSR count). The topological polar surface area (TPSA) is 77.9 Å². The minimum atomic E-state index is -0.801. The highest BCUT2D eigenvalue weighted by molar-refractivity contribution is 6.02. The van der Waals surface area contributed by atoms with Crippen molar-refractivity contribution in [2.75, 3.05) is 25.0 Å². The van der Waals surface area contributed by atoms with Crippen molar-refractivity contribution in [3.63, 3.8) is 0 Å². The fourth-order valence-corrected chi connectivity index (χ4v) is 3.69. The van der Waals surface area contributed by atoms with Gasteiger partial charge in [0.15, 0.2) is 0 Å². The van der Waals surface area contributed by atoms with Crippen LogP contribution in [0.1, 0.15) is 37.7 Å². The van der Waals surface area contributed by atoms with Crippen LogP contribution in [0.5, 0.6) is 0 Å². The van der Waals surface area contributed by atoms with E-state index in [0.29, 0.717) is 12.8 Å². The predicted octanol–water partition coefficient (Wildman–Crippen LogP) is 1.78. The van der Waals surface area contributed by atoms with Gasteiger partial charge < -0.3 is 10.0 Å². The normalized spacial score (nSPS) is 21.0. The second-order valence-corrected chi connectivity index (χ2v) is 6.70. The molecule has 6 heteroatoms. The number of rotatable bonds is 3. The highest BCUT2D eigenvalue weighted by atomic mass is 16.4. The number of carboxylic acids is 1. The van der Waals surface area contributed by atoms with Crippen LogP contribution in [-0.4, -0.2) is 47.9 Å². The highest BCUT2D eigenvalue weighted by Gasteiger charge is 2.41. The van der Waals surface area contributed by atoms with E-state index >= 15 is 0 Å². The molecule has 0 atom stereocenters. The first kappa shape index (κ1) is 16.5. The summed E-state index contributed by atoms with van der Waals surface area (Å²) >= 11 is 0. The average molecular weight is 330 g/mol. The molecule has 128 valence electrons. The number of carbonyl (C=O) groups is 3. The minimum absolute atomic E-state index is 0.158. The van der Waals surface area contributed by atoms with Gasteiger partial charge in [-0.25, -0.2) is 0 Å². The number of nitrogens with zero attached hydrogens (tertiary/aromatic N) is 2. The molecule has 6 nitrogen and oxygen atoms in total. The summed E-state index contributed by atoms with van der Waals surface area (Å²) in [6.07, 6.45) is 4.25. The summed E-state index contributed by atoms with van der Waals surface area (Å²) in [5.41, 5.74) is 0.778. The SMILES string of the molecule is CN1C(=O)CN(c2ccc(C3(C(=O)O)CCCCC3)cc2)CC1=O. The van der Waals surface area contributed by atoms with Crippen LogP contribution >= 0.6 is 0 Å². The predicted molar refractivity (Wildman–Crippen MR) is 88.8 cm³/mol. The Bertz CT molecular complexity index is 644. The zero-order valence-electron chi connectivity index (χ0n) is 13.8. The maximum atomic E-state index is 11.9. The zero-order valence-corrected chi connectivity index (χ0v) is 13.8. The lowest BCUT2D eigenvalue weighted by Gasteiger charge is -2.35. The van der Waals surface area contributed by atoms with E-state index in [-0.39, 0.29) is 24.9 Å². The van der Waals surface area contributed by atoms with E-state index in [2.05, 4.69) is 0 Å². The van der Waals surface area contributed by atoms with Gasteiger partial charge in [-0.3, -0.25) is 19.3 Å². The molecule has 1 N–H and O–H groups in total. The van der Waals surface area contributed by atoms with Gasteiger partial charge in [-0.05, 0) is 30.5 Å². The number of benzene rings is 1. The van der Waals surface area contributed by atoms with E-state index in [4.69, 9.17) is 0 Å². The average Bonchev–Trinajstić information content (AvgIpc) is 2.60. The summed E-state index contributed by atoms with van der Waals surface area (Å²) in [5, 5.41) is 9.75. The molecule has 0 spiro atoms. The number of likely N-dealkylation sites (N-methyl/N-ethyl adjacent to an activating group) is 1. The number of amides is 2. The Morgan fingerprint density at radius 3 is 2.04 bits per heavy atom. The number of imide groups is 1. The molecular formula is C18H22N2O4. The molecular weight excluding hydrogens is 308 g/mol. The molecule has 1 aliphatic carbocycles. The number of hydrogen-bond donors (Lipinski definition) is 1. The molecule has 24 heavy (non-hydrogen) atoms. The standard InChI is InChI=1S/C18H22N2O4/c1-19-15(21)11-20(12-16(19)22)14-7-5-13(6-8-14)18(17(23)24)9-3-2-4-10-18/h5-8H,2-4,9-12H2,1H3,(H,23,24). The number of carboxylic acid groups (broad SMARTS) is 1. The van der Waals surface area contributed by atoms with Gasteiger partial charge in [-0.2, -0.15) is 0 Å². The zero-order chi connectivity index (χ0) is 17.3. The molecule has 0 aromatic heterocycles. The maximum absolute atomic E-state index is 11.9. The van der Waals surface area contributed by atoms with Crippen molar-refractivity contribution in [2.45, 2.75) is 37.5 Å². The summed E-state index contributed by atoms with van der Waals surface area (Å²) in [6.45, 7) is 0.317. The van der Waals surface area contributed by atoms with Crippen molar-refractivity contribution in [3.8, 4) is 0 Å². The van der Waals surface area contributed by atoms with E-state index < -0.39 is 11.4 Å². The summed E-state index contributed by atoms with van der Waals surface area (Å²) in [7, 11) is 1.49. The molecule has 1 saturated carbocycles. The summed E-state index contributed by atoms with van der Waals surface area (Å²) in [6, 6.07) is 7.31. The fourth-order valence-electron chi connectivity index (χ4n) is 3.69. The van der Waals surface area contributed by atoms with Gasteiger partial charge in [0.1, 0.15) is 0 Å². The Morgan fingerprint density at radius 2 is 1.54 bits per heavy atom. The van der Waals surface area contributed by atoms with Gasteiger partial charge >= 0.3 is 5.97 Å². The molecule has 0 bridgehead atoms. The Balaban J connectivity index is 1.84. The Kier molecular flexibility index (Phi) is 4.30. The molecule has 1 aliphatic heterocycles. The first-order valence-electron chi connectivity index (χ1n) is 8.32. The number of carbonyl (C=O) groups excluding carboxylic acids is 2. The molecule has 0 radical (unpaired) electrons. The first-order chi connectivity index (χ1) is 11.4. The Morgan fingerprint density at radius 1 is 1.00 bits per heavy atom. The van der Waals surface area contributed by atoms with E-state index in [1.807, 2.05) is 24.3 Å². The molecule has 0 unspecified atom stereocenters. The summed E-state index contributed by atoms with van der Waals surface area (Å²) in [4.78, 5) is 38.4. The van der Waals surface area contributed by atoms with Gasteiger partial charge in [-0.15, -0.1) is 0 Å². The third-order valence-electron chi connectivity index (χ3n) is 5.30. The maximum Gasteiger partial charge on any atom is 0.314 e. The monoisotopic (exact) mass is 330 g/mol. The second kappa shape index (κ2) is 6.26. The van der Waals surface area contributed by atoms with Gasteiger partial charge in [0, 0.05) is 12.7 Å². The van der Waals surface area contributed by atoms with E-state index in [0.717, 1.165) is 35.4 Å². The van der Waals surface area contributed by atoms with E-state index in [9.17, 15) is 19.5 Å². The van der Waals surface area contributed by atoms with Crippen LogP contribution < -0.4 is 4.90 Å². The van der Waals surface area contributed by atoms with Crippen LogP contribution in [0.25, 0.3) is 0 Å². The van der Waals surface area contributed by atoms with Crippen molar-refractivity contribution in [1.82, 2.24) is 4.90 Å². The lowest BCUT2D eigenvalue weighted by molar-refractivity contribution is -0.145. The smallest absolute Gasteiger partial charge is 0.314 e. The number of piperazine rings is 1. The van der Waals surface area contributed by atoms with Crippen molar-refractivity contribution >= 4 is 23.5 Å². The fraction of sp³-hybridized carbons (Fsp3) is 0.500. The first-order valence-corrected chi connectivity index (χ1v) is 8.32. The van der Waals surface area contributed by atoms with E-state index in [1.165, 1.54) is 7.05 Å². The number of aliphatic carboxylic acids is 1. The van der Waals surface area contributed by atoms with Crippen LogP contribution in [0, 0.1) is 0 Å². The van der Waals surface area contributed by atoms with Gasteiger partial charge in [0.25, 0.3) is 0 Å². The number of anilines is 1. The van der Waals surface area contributed by atoms with Crippen LogP contribution in [0.2, 0.25) is 0 Å². The van der Waals surface area contributed by atoms with Crippen LogP contribution in [0.3, 0.4) is 0 Å². The molecule has 2 amide bonds. The summed E-state index contributed by atoms with van der Waals surface area (Å²) < 4.78 is 0. The van der Waals surface area contributed by atoms with Crippen molar-refractivity contribution < 1.29 is 19.5 Å². The second-order valence-electron chi connectivity index (χ2n) is 6.70. The minimum Gasteiger partial charge on any atom is -0.481 e. The third kappa shape index (κ3) is 2.77. The Hall–Kier alpha value is -2.37. The molecule has 1 aromatic carbocycles. The molecule has 2 aliphatic rings. The van der Waals surface area contributed by atoms with Crippen LogP contribution in [0.4, 0.5) is 5.69 Å². The lowest BCUT2D eigenvalue weighted by Crippen LogP contribution is -2.52. The summed E-state index contributed by atoms with van der Waals surface area (Å²) in [5.74, 6) is -1.23. The van der Waals surface area contributed by atoms with Crippen LogP contribution in [0.15, 0.2) is 24.3 Å². The van der Waals surface area contributed by atoms with E-state index in [1.54, 1.807) is 4.90 Å². The molecule has 1 aromatic rings. The molecule has 2 fully saturated rings. The molecule has 1 saturated heterocycles. The Labute approximate surface area is 141 Å². The van der Waals surface area contributed by atoms with Gasteiger partial charge in [-0.1, -0.05) is 31.4 Å².